The topological polar surface area (TPSA) is 111 Å². The van der Waals surface area contributed by atoms with Crippen molar-refractivity contribution in [1.29, 1.82) is 0 Å². The predicted octanol–water partition coefficient (Wildman–Crippen LogP) is 2.39. The van der Waals surface area contributed by atoms with Gasteiger partial charge in [0.25, 0.3) is 5.91 Å². The van der Waals surface area contributed by atoms with Crippen molar-refractivity contribution in [2.75, 3.05) is 27.0 Å². The number of carbonyl (C=O) groups excluding carboxylic acids is 1. The number of ether oxygens (including phenoxy) is 2. The molecule has 0 bridgehead atoms. The van der Waals surface area contributed by atoms with Crippen LogP contribution in [0.2, 0.25) is 0 Å². The Morgan fingerprint density at radius 2 is 1.77 bits per heavy atom. The summed E-state index contributed by atoms with van der Waals surface area (Å²) in [6.07, 6.45) is 1.56. The van der Waals surface area contributed by atoms with Gasteiger partial charge in [-0.25, -0.2) is 9.97 Å². The lowest BCUT2D eigenvalue weighted by atomic mass is 10.1. The zero-order valence-electron chi connectivity index (χ0n) is 17.2. The Morgan fingerprint density at radius 1 is 1.07 bits per heavy atom. The fraction of sp³-hybridized carbons (Fsp3) is 0.227. The molecule has 4 N–H and O–H groups in total. The Hall–Kier alpha value is -3.65. The summed E-state index contributed by atoms with van der Waals surface area (Å²) in [5, 5.41) is 5.94. The molecule has 0 fully saturated rings. The molecule has 3 aromatic rings. The summed E-state index contributed by atoms with van der Waals surface area (Å²) in [5.41, 5.74) is 9.33. The number of anilines is 1. The first-order chi connectivity index (χ1) is 14.6. The summed E-state index contributed by atoms with van der Waals surface area (Å²) >= 11 is 0. The van der Waals surface area contributed by atoms with E-state index in [4.69, 9.17) is 15.2 Å². The number of benzene rings is 2. The molecule has 0 aliphatic rings. The van der Waals surface area contributed by atoms with Crippen molar-refractivity contribution in [2.45, 2.75) is 13.1 Å². The second-order valence-electron chi connectivity index (χ2n) is 6.51. The summed E-state index contributed by atoms with van der Waals surface area (Å²) in [6, 6.07) is 13.6. The number of aromatic nitrogens is 2. The van der Waals surface area contributed by atoms with Crippen molar-refractivity contribution in [3.05, 3.63) is 65.5 Å². The third-order valence-electron chi connectivity index (χ3n) is 4.63. The minimum atomic E-state index is -0.370. The van der Waals surface area contributed by atoms with Crippen LogP contribution in [0.15, 0.2) is 48.7 Å². The average molecular weight is 407 g/mol. The van der Waals surface area contributed by atoms with Crippen LogP contribution in [-0.4, -0.2) is 37.1 Å². The minimum absolute atomic E-state index is 0.0988. The predicted molar refractivity (Wildman–Crippen MR) is 115 cm³/mol. The van der Waals surface area contributed by atoms with Gasteiger partial charge in [0, 0.05) is 31.3 Å². The average Bonchev–Trinajstić information content (AvgIpc) is 2.79. The molecular formula is C22H25N5O3. The lowest BCUT2D eigenvalue weighted by molar-refractivity contribution is 0.0959. The van der Waals surface area contributed by atoms with E-state index >= 15 is 0 Å². The number of nitrogens with zero attached hydrogens (tertiary/aromatic N) is 2. The Labute approximate surface area is 175 Å². The number of methoxy groups -OCH3 is 2. The van der Waals surface area contributed by atoms with E-state index in [-0.39, 0.29) is 17.4 Å². The molecular weight excluding hydrogens is 382 g/mol. The van der Waals surface area contributed by atoms with Crippen LogP contribution in [0.25, 0.3) is 11.3 Å². The first-order valence-corrected chi connectivity index (χ1v) is 9.41. The third kappa shape index (κ3) is 4.66. The second kappa shape index (κ2) is 9.71. The smallest absolute Gasteiger partial charge is 0.273 e. The summed E-state index contributed by atoms with van der Waals surface area (Å²) in [7, 11) is 4.81. The lowest BCUT2D eigenvalue weighted by Crippen LogP contribution is -2.21. The highest BCUT2D eigenvalue weighted by Gasteiger charge is 2.13. The van der Waals surface area contributed by atoms with Crippen molar-refractivity contribution < 1.29 is 14.3 Å². The Balaban J connectivity index is 1.75. The SMILES string of the molecule is CNC(=O)c1nc(-c2cccc(CNCc3c(OC)cccc3OC)c2)cnc1N. The fourth-order valence-electron chi connectivity index (χ4n) is 3.10. The minimum Gasteiger partial charge on any atom is -0.496 e. The molecule has 0 radical (unpaired) electrons. The molecule has 8 heteroatoms. The standard InChI is InChI=1S/C22H25N5O3/c1-24-22(28)20-21(23)26-13-17(27-20)15-7-4-6-14(10-15)11-25-12-16-18(29-2)8-5-9-19(16)30-3/h4-10,13,25H,11-12H2,1-3H3,(H2,23,26)(H,24,28). The number of nitrogen functional groups attached to an aromatic ring is 1. The highest BCUT2D eigenvalue weighted by Crippen LogP contribution is 2.28. The Bertz CT molecular complexity index is 1020. The molecule has 1 aromatic heterocycles. The zero-order valence-corrected chi connectivity index (χ0v) is 17.2. The third-order valence-corrected chi connectivity index (χ3v) is 4.63. The molecule has 156 valence electrons. The largest absolute Gasteiger partial charge is 0.496 e. The van der Waals surface area contributed by atoms with Gasteiger partial charge >= 0.3 is 0 Å². The van der Waals surface area contributed by atoms with Gasteiger partial charge in [-0.2, -0.15) is 0 Å². The maximum atomic E-state index is 11.9. The van der Waals surface area contributed by atoms with Crippen molar-refractivity contribution in [3.63, 3.8) is 0 Å². The van der Waals surface area contributed by atoms with E-state index < -0.39 is 0 Å². The quantitative estimate of drug-likeness (QED) is 0.526. The molecule has 0 aliphatic heterocycles. The normalized spacial score (nSPS) is 10.5. The molecule has 30 heavy (non-hydrogen) atoms. The summed E-state index contributed by atoms with van der Waals surface area (Å²) in [5.74, 6) is 1.27. The number of amides is 1. The summed E-state index contributed by atoms with van der Waals surface area (Å²) in [6.45, 7) is 1.21. The molecule has 8 nitrogen and oxygen atoms in total. The van der Waals surface area contributed by atoms with Crippen LogP contribution in [0.4, 0.5) is 5.82 Å². The van der Waals surface area contributed by atoms with Crippen molar-refractivity contribution >= 4 is 11.7 Å². The molecule has 3 rings (SSSR count). The van der Waals surface area contributed by atoms with E-state index in [1.54, 1.807) is 20.4 Å². The second-order valence-corrected chi connectivity index (χ2v) is 6.51. The highest BCUT2D eigenvalue weighted by molar-refractivity contribution is 5.96. The van der Waals surface area contributed by atoms with Gasteiger partial charge in [-0.05, 0) is 23.8 Å². The van der Waals surface area contributed by atoms with E-state index in [9.17, 15) is 4.79 Å². The number of carbonyl (C=O) groups is 1. The molecule has 0 saturated heterocycles. The number of hydrogen-bond acceptors (Lipinski definition) is 7. The zero-order chi connectivity index (χ0) is 21.5. The first-order valence-electron chi connectivity index (χ1n) is 9.41. The van der Waals surface area contributed by atoms with Crippen molar-refractivity contribution in [1.82, 2.24) is 20.6 Å². The molecule has 1 heterocycles. The van der Waals surface area contributed by atoms with Gasteiger partial charge in [0.15, 0.2) is 11.5 Å². The van der Waals surface area contributed by atoms with Gasteiger partial charge in [-0.3, -0.25) is 4.79 Å². The van der Waals surface area contributed by atoms with Crippen LogP contribution in [0.1, 0.15) is 21.6 Å². The van der Waals surface area contributed by atoms with E-state index in [1.807, 2.05) is 42.5 Å². The molecule has 1 amide bonds. The summed E-state index contributed by atoms with van der Waals surface area (Å²) in [4.78, 5) is 20.4. The number of hydrogen-bond donors (Lipinski definition) is 3. The van der Waals surface area contributed by atoms with E-state index in [1.165, 1.54) is 7.05 Å². The van der Waals surface area contributed by atoms with Crippen LogP contribution in [-0.2, 0) is 13.1 Å². The van der Waals surface area contributed by atoms with Gasteiger partial charge < -0.3 is 25.8 Å². The highest BCUT2D eigenvalue weighted by atomic mass is 16.5. The van der Waals surface area contributed by atoms with Gasteiger partial charge in [0.2, 0.25) is 0 Å². The monoisotopic (exact) mass is 407 g/mol. The van der Waals surface area contributed by atoms with Crippen LogP contribution >= 0.6 is 0 Å². The van der Waals surface area contributed by atoms with Crippen LogP contribution < -0.4 is 25.8 Å². The number of nitrogens with two attached hydrogens (primary N) is 1. The lowest BCUT2D eigenvalue weighted by Gasteiger charge is -2.14. The van der Waals surface area contributed by atoms with Crippen molar-refractivity contribution in [3.8, 4) is 22.8 Å². The van der Waals surface area contributed by atoms with Gasteiger partial charge in [-0.15, -0.1) is 0 Å². The molecule has 0 spiro atoms. The first kappa shape index (κ1) is 21.1. The molecule has 0 unspecified atom stereocenters. The van der Waals surface area contributed by atoms with Crippen LogP contribution in [0, 0.1) is 0 Å². The van der Waals surface area contributed by atoms with E-state index in [0.29, 0.717) is 18.8 Å². The molecule has 0 saturated carbocycles. The summed E-state index contributed by atoms with van der Waals surface area (Å²) < 4.78 is 10.9. The maximum Gasteiger partial charge on any atom is 0.273 e. The van der Waals surface area contributed by atoms with Gasteiger partial charge in [0.05, 0.1) is 26.1 Å². The Kier molecular flexibility index (Phi) is 6.82. The molecule has 0 atom stereocenters. The number of nitrogens with one attached hydrogen (secondary N) is 2. The Morgan fingerprint density at radius 3 is 2.43 bits per heavy atom. The van der Waals surface area contributed by atoms with Crippen LogP contribution in [0.5, 0.6) is 11.5 Å². The molecule has 2 aromatic carbocycles. The fourth-order valence-corrected chi connectivity index (χ4v) is 3.10. The maximum absolute atomic E-state index is 11.9. The molecule has 0 aliphatic carbocycles. The van der Waals surface area contributed by atoms with Crippen molar-refractivity contribution in [2.24, 2.45) is 0 Å². The number of rotatable bonds is 8. The van der Waals surface area contributed by atoms with Crippen LogP contribution in [0.3, 0.4) is 0 Å². The van der Waals surface area contributed by atoms with Gasteiger partial charge in [-0.1, -0.05) is 24.3 Å². The van der Waals surface area contributed by atoms with E-state index in [2.05, 4.69) is 20.6 Å². The van der Waals surface area contributed by atoms with E-state index in [0.717, 1.165) is 28.2 Å². The van der Waals surface area contributed by atoms with Gasteiger partial charge in [0.1, 0.15) is 11.5 Å².